The second kappa shape index (κ2) is 14.4. The van der Waals surface area contributed by atoms with E-state index >= 15 is 0 Å². The van der Waals surface area contributed by atoms with Crippen LogP contribution in [0.5, 0.6) is 0 Å². The Morgan fingerprint density at radius 2 is 1.57 bits per heavy atom. The van der Waals surface area contributed by atoms with E-state index in [4.69, 9.17) is 10.5 Å². The highest BCUT2D eigenvalue weighted by Gasteiger charge is 2.70. The Kier molecular flexibility index (Phi) is 11.0. The number of primary amides is 1. The number of hydrogen-bond acceptors (Lipinski definition) is 7. The molecule has 4 rings (SSSR count). The minimum absolute atomic E-state index is 0.0609. The number of benzene rings is 1. The average Bonchev–Trinajstić information content (AvgIpc) is 3.86. The van der Waals surface area contributed by atoms with Crippen molar-refractivity contribution in [2.24, 2.45) is 39.7 Å². The molecule has 49 heavy (non-hydrogen) atoms. The number of ether oxygens (including phenoxy) is 1. The van der Waals surface area contributed by atoms with Crippen molar-refractivity contribution in [3.63, 3.8) is 0 Å². The molecule has 13 heteroatoms. The molecule has 0 aromatic heterocycles. The molecule has 0 bridgehead atoms. The van der Waals surface area contributed by atoms with Crippen molar-refractivity contribution in [3.05, 3.63) is 35.9 Å². The summed E-state index contributed by atoms with van der Waals surface area (Å²) in [4.78, 5) is 80.1. The first-order valence-corrected chi connectivity index (χ1v) is 17.2. The lowest BCUT2D eigenvalue weighted by Crippen LogP contribution is -2.62. The Balaban J connectivity index is 1.44. The maximum atomic E-state index is 14.3. The molecule has 1 aromatic rings. The predicted molar refractivity (Wildman–Crippen MR) is 183 cm³/mol. The predicted octanol–water partition coefficient (Wildman–Crippen LogP) is 2.86. The Bertz CT molecular complexity index is 1430. The van der Waals surface area contributed by atoms with Crippen LogP contribution in [-0.2, 0) is 30.5 Å². The Hall–Kier alpha value is -4.16. The monoisotopic (exact) mass is 682 g/mol. The number of alkyl carbamates (subject to hydrolysis) is 1. The van der Waals surface area contributed by atoms with Gasteiger partial charge in [-0.15, -0.1) is 0 Å². The quantitative estimate of drug-likeness (QED) is 0.198. The van der Waals surface area contributed by atoms with Gasteiger partial charge in [-0.3, -0.25) is 19.2 Å². The SMILES string of the molecule is CC(C)(C)[C@H](NC(=O)N[C@H](COC(=O)NCc1ccccc1)C(C)(C)C)C(=O)N1C[C@H]2[C@@H]([C@H]1C(=O)NC(CC1CC1)C(=O)C(N)=O)C2(C)C. The van der Waals surface area contributed by atoms with Gasteiger partial charge in [-0.25, -0.2) is 9.59 Å². The number of urea groups is 1. The molecule has 1 aliphatic heterocycles. The van der Waals surface area contributed by atoms with Gasteiger partial charge in [0.15, 0.2) is 0 Å². The molecule has 3 fully saturated rings. The number of rotatable bonds is 13. The summed E-state index contributed by atoms with van der Waals surface area (Å²) < 4.78 is 5.46. The standard InChI is InChI=1S/C36H54N6O7/c1-34(2,3)24(19-49-33(48)38-17-21-12-10-9-11-13-21)40-32(47)41-28(35(4,5)6)31(46)42-18-22-25(36(22,7)8)26(42)30(45)39-23(16-20-14-15-20)27(43)29(37)44/h9-13,20,22-26,28H,14-19H2,1-8H3,(H2,37,44)(H,38,48)(H,39,45)(H2,40,41,47)/t22-,23?,24+,25-,26-,28+/m0/s1. The fraction of sp³-hybridized carbons (Fsp3) is 0.667. The molecule has 270 valence electrons. The first-order valence-electron chi connectivity index (χ1n) is 17.2. The number of amides is 6. The number of piperidine rings is 1. The molecule has 13 nitrogen and oxygen atoms in total. The Morgan fingerprint density at radius 1 is 0.939 bits per heavy atom. The lowest BCUT2D eigenvalue weighted by Gasteiger charge is -2.38. The van der Waals surface area contributed by atoms with Crippen LogP contribution in [0.1, 0.15) is 80.2 Å². The third-order valence-electron chi connectivity index (χ3n) is 10.3. The summed E-state index contributed by atoms with van der Waals surface area (Å²) in [6.45, 7) is 15.8. The number of fused-ring (bicyclic) bond motifs is 1. The average molecular weight is 683 g/mol. The molecule has 6 atom stereocenters. The molecule has 2 saturated carbocycles. The zero-order chi connectivity index (χ0) is 36.5. The first kappa shape index (κ1) is 37.7. The van der Waals surface area contributed by atoms with Gasteiger partial charge in [0.25, 0.3) is 5.91 Å². The smallest absolute Gasteiger partial charge is 0.407 e. The third-order valence-corrected chi connectivity index (χ3v) is 10.3. The van der Waals surface area contributed by atoms with Crippen LogP contribution in [0, 0.1) is 34.0 Å². The molecule has 1 heterocycles. The van der Waals surface area contributed by atoms with Crippen LogP contribution in [0.3, 0.4) is 0 Å². The van der Waals surface area contributed by atoms with E-state index in [1.54, 1.807) is 0 Å². The van der Waals surface area contributed by atoms with E-state index in [-0.39, 0.29) is 29.8 Å². The highest BCUT2D eigenvalue weighted by Crippen LogP contribution is 2.65. The number of nitrogens with two attached hydrogens (primary N) is 1. The first-order chi connectivity index (χ1) is 22.7. The molecule has 1 unspecified atom stereocenters. The number of Topliss-reactive ketones (excluding diaryl/α,β-unsaturated/α-hetero) is 1. The van der Waals surface area contributed by atoms with Crippen molar-refractivity contribution in [2.45, 2.75) is 105 Å². The normalized spacial score (nSPS) is 22.9. The minimum atomic E-state index is -1.11. The van der Waals surface area contributed by atoms with Gasteiger partial charge in [0.1, 0.15) is 18.7 Å². The van der Waals surface area contributed by atoms with E-state index in [2.05, 4.69) is 21.3 Å². The van der Waals surface area contributed by atoms with E-state index in [0.29, 0.717) is 19.5 Å². The fourth-order valence-electron chi connectivity index (χ4n) is 6.79. The van der Waals surface area contributed by atoms with Crippen LogP contribution in [0.25, 0.3) is 0 Å². The van der Waals surface area contributed by atoms with Gasteiger partial charge in [0.05, 0.1) is 12.1 Å². The van der Waals surface area contributed by atoms with E-state index in [9.17, 15) is 28.8 Å². The highest BCUT2D eigenvalue weighted by atomic mass is 16.5. The van der Waals surface area contributed by atoms with Crippen molar-refractivity contribution in [3.8, 4) is 0 Å². The van der Waals surface area contributed by atoms with Gasteiger partial charge in [-0.05, 0) is 46.0 Å². The zero-order valence-electron chi connectivity index (χ0n) is 30.1. The molecule has 0 radical (unpaired) electrons. The van der Waals surface area contributed by atoms with Crippen molar-refractivity contribution in [1.29, 1.82) is 0 Å². The lowest BCUT2D eigenvalue weighted by molar-refractivity contribution is -0.145. The second-order valence-electron chi connectivity index (χ2n) is 16.6. The number of hydrogen-bond donors (Lipinski definition) is 5. The molecule has 1 aromatic carbocycles. The summed E-state index contributed by atoms with van der Waals surface area (Å²) in [5.74, 6) is -2.73. The summed E-state index contributed by atoms with van der Waals surface area (Å²) >= 11 is 0. The maximum absolute atomic E-state index is 14.3. The number of carbonyl (C=O) groups is 6. The Labute approximate surface area is 289 Å². The van der Waals surface area contributed by atoms with E-state index in [1.165, 1.54) is 4.90 Å². The molecular weight excluding hydrogens is 628 g/mol. The number of nitrogens with zero attached hydrogens (tertiary/aromatic N) is 1. The van der Waals surface area contributed by atoms with E-state index < -0.39 is 70.6 Å². The van der Waals surface area contributed by atoms with Crippen LogP contribution >= 0.6 is 0 Å². The molecule has 6 amide bonds. The number of carbonyl (C=O) groups excluding carboxylic acids is 6. The van der Waals surface area contributed by atoms with E-state index in [1.807, 2.05) is 85.7 Å². The lowest BCUT2D eigenvalue weighted by atomic mass is 9.85. The molecule has 0 spiro atoms. The van der Waals surface area contributed by atoms with Gasteiger partial charge in [-0.1, -0.05) is 98.6 Å². The number of likely N-dealkylation sites (tertiary alicyclic amines) is 1. The number of nitrogens with one attached hydrogen (secondary N) is 4. The van der Waals surface area contributed by atoms with Crippen LogP contribution in [0.15, 0.2) is 30.3 Å². The second-order valence-corrected chi connectivity index (χ2v) is 16.6. The highest BCUT2D eigenvalue weighted by molar-refractivity contribution is 6.37. The van der Waals surface area contributed by atoms with Gasteiger partial charge in [0.2, 0.25) is 17.6 Å². The van der Waals surface area contributed by atoms with Crippen LogP contribution in [0.2, 0.25) is 0 Å². The summed E-state index contributed by atoms with van der Waals surface area (Å²) in [5, 5.41) is 11.2. The van der Waals surface area contributed by atoms with Gasteiger partial charge >= 0.3 is 12.1 Å². The van der Waals surface area contributed by atoms with Crippen molar-refractivity contribution in [1.82, 2.24) is 26.2 Å². The molecule has 2 aliphatic carbocycles. The summed E-state index contributed by atoms with van der Waals surface area (Å²) in [7, 11) is 0. The van der Waals surface area contributed by atoms with Crippen molar-refractivity contribution in [2.75, 3.05) is 13.2 Å². The van der Waals surface area contributed by atoms with Gasteiger partial charge in [-0.2, -0.15) is 0 Å². The third kappa shape index (κ3) is 9.30. The topological polar surface area (TPSA) is 189 Å². The summed E-state index contributed by atoms with van der Waals surface area (Å²) in [6.07, 6.45) is 1.52. The maximum Gasteiger partial charge on any atom is 0.407 e. The molecule has 6 N–H and O–H groups in total. The van der Waals surface area contributed by atoms with Crippen LogP contribution in [-0.4, -0.2) is 77.8 Å². The minimum Gasteiger partial charge on any atom is -0.447 e. The van der Waals surface area contributed by atoms with Gasteiger partial charge in [0, 0.05) is 13.1 Å². The van der Waals surface area contributed by atoms with Crippen LogP contribution in [0.4, 0.5) is 9.59 Å². The fourth-order valence-corrected chi connectivity index (χ4v) is 6.79. The molecular formula is C36H54N6O7. The van der Waals surface area contributed by atoms with Crippen molar-refractivity contribution >= 4 is 35.6 Å². The van der Waals surface area contributed by atoms with Crippen molar-refractivity contribution < 1.29 is 33.5 Å². The van der Waals surface area contributed by atoms with Crippen LogP contribution < -0.4 is 27.0 Å². The van der Waals surface area contributed by atoms with Gasteiger partial charge < -0.3 is 36.6 Å². The largest absolute Gasteiger partial charge is 0.447 e. The number of ketones is 1. The summed E-state index contributed by atoms with van der Waals surface area (Å²) in [6, 6.07) is 5.23. The Morgan fingerprint density at radius 3 is 2.12 bits per heavy atom. The molecule has 3 aliphatic rings. The summed E-state index contributed by atoms with van der Waals surface area (Å²) in [5.41, 5.74) is 4.75. The molecule has 1 saturated heterocycles. The van der Waals surface area contributed by atoms with E-state index in [0.717, 1.165) is 18.4 Å². The zero-order valence-corrected chi connectivity index (χ0v) is 30.1.